The van der Waals surface area contributed by atoms with Crippen LogP contribution in [0.4, 0.5) is 0 Å². The topological polar surface area (TPSA) is 84.0 Å². The summed E-state index contributed by atoms with van der Waals surface area (Å²) in [5, 5.41) is 9.80. The molecule has 4 rings (SSSR count). The van der Waals surface area contributed by atoms with Gasteiger partial charge in [0.15, 0.2) is 12.6 Å². The van der Waals surface area contributed by atoms with Crippen LogP contribution >= 0.6 is 24.0 Å². The first-order valence-electron chi connectivity index (χ1n) is 10.9. The molecule has 3 unspecified atom stereocenters. The van der Waals surface area contributed by atoms with Crippen LogP contribution in [0.25, 0.3) is 0 Å². The van der Waals surface area contributed by atoms with Crippen LogP contribution in [0.3, 0.4) is 0 Å². The van der Waals surface area contributed by atoms with Crippen LogP contribution in [0.1, 0.15) is 44.6 Å². The van der Waals surface area contributed by atoms with E-state index in [-0.39, 0.29) is 36.5 Å². The Bertz CT molecular complexity index is 724. The number of rotatable bonds is 9. The molecular weight excluding hydrogens is 495 g/mol. The van der Waals surface area contributed by atoms with Crippen molar-refractivity contribution in [2.24, 2.45) is 4.99 Å². The van der Waals surface area contributed by atoms with Gasteiger partial charge in [-0.25, -0.2) is 0 Å². The quantitative estimate of drug-likeness (QED) is 0.261. The molecule has 0 aromatic heterocycles. The number of aliphatic imine (C=N–C) groups is 1. The molecule has 2 bridgehead atoms. The third-order valence-corrected chi connectivity index (χ3v) is 5.68. The van der Waals surface area contributed by atoms with E-state index in [1.165, 1.54) is 12.0 Å². The lowest BCUT2D eigenvalue weighted by molar-refractivity contribution is -0.123. The summed E-state index contributed by atoms with van der Waals surface area (Å²) in [6, 6.07) is 8.65. The number of halogens is 1. The lowest BCUT2D eigenvalue weighted by Gasteiger charge is -2.22. The molecule has 30 heavy (non-hydrogen) atoms. The number of benzene rings is 1. The standard InChI is InChI=1S/C22H32N4O3.HI/c1-2-23-22(26-19-13-18-9-10-20(19)29-18)24-12-11-15-3-7-17(8-4-15)28-14-21(27)25-16-5-6-16;/h3-4,7-8,16,18-20H,2,5-6,9-14H2,1H3,(H,25,27)(H2,23,24,26);1H. The number of carbonyl (C=O) groups is 1. The Morgan fingerprint density at radius 3 is 2.60 bits per heavy atom. The van der Waals surface area contributed by atoms with E-state index in [1.54, 1.807) is 0 Å². The molecule has 2 saturated heterocycles. The molecule has 3 atom stereocenters. The fraction of sp³-hybridized carbons (Fsp3) is 0.636. The number of hydrogen-bond acceptors (Lipinski definition) is 4. The summed E-state index contributed by atoms with van der Waals surface area (Å²) in [7, 11) is 0. The average molecular weight is 528 g/mol. The molecule has 1 saturated carbocycles. The monoisotopic (exact) mass is 528 g/mol. The first-order valence-corrected chi connectivity index (χ1v) is 10.9. The Hall–Kier alpha value is -1.55. The third kappa shape index (κ3) is 6.73. The van der Waals surface area contributed by atoms with Gasteiger partial charge in [-0.05, 0) is 63.1 Å². The summed E-state index contributed by atoms with van der Waals surface area (Å²) in [5.41, 5.74) is 1.20. The molecule has 1 aromatic carbocycles. The predicted molar refractivity (Wildman–Crippen MR) is 128 cm³/mol. The normalized spacial score (nSPS) is 24.8. The first kappa shape index (κ1) is 23.1. The Kier molecular flexibility index (Phi) is 8.61. The van der Waals surface area contributed by atoms with Gasteiger partial charge in [-0.3, -0.25) is 9.79 Å². The van der Waals surface area contributed by atoms with Crippen molar-refractivity contribution in [1.82, 2.24) is 16.0 Å². The van der Waals surface area contributed by atoms with Gasteiger partial charge in [0.25, 0.3) is 5.91 Å². The van der Waals surface area contributed by atoms with Gasteiger partial charge in [0.2, 0.25) is 0 Å². The largest absolute Gasteiger partial charge is 0.484 e. The summed E-state index contributed by atoms with van der Waals surface area (Å²) in [5.74, 6) is 1.54. The van der Waals surface area contributed by atoms with E-state index < -0.39 is 0 Å². The molecule has 1 amide bonds. The molecule has 8 heteroatoms. The van der Waals surface area contributed by atoms with Crippen LogP contribution in [0.15, 0.2) is 29.3 Å². The maximum absolute atomic E-state index is 11.7. The van der Waals surface area contributed by atoms with E-state index in [4.69, 9.17) is 14.5 Å². The Morgan fingerprint density at radius 1 is 1.17 bits per heavy atom. The van der Waals surface area contributed by atoms with Gasteiger partial charge in [0.1, 0.15) is 5.75 Å². The third-order valence-electron chi connectivity index (χ3n) is 5.68. The molecule has 1 aliphatic carbocycles. The summed E-state index contributed by atoms with van der Waals surface area (Å²) in [4.78, 5) is 16.4. The minimum Gasteiger partial charge on any atom is -0.484 e. The molecule has 2 aliphatic heterocycles. The molecule has 3 N–H and O–H groups in total. The Labute approximate surface area is 195 Å². The lowest BCUT2D eigenvalue weighted by atomic mass is 9.96. The van der Waals surface area contributed by atoms with Crippen molar-refractivity contribution in [1.29, 1.82) is 0 Å². The van der Waals surface area contributed by atoms with E-state index in [9.17, 15) is 4.79 Å². The first-order chi connectivity index (χ1) is 14.2. The predicted octanol–water partition coefficient (Wildman–Crippen LogP) is 2.38. The Balaban J connectivity index is 0.00000256. The molecular formula is C22H33IN4O3. The van der Waals surface area contributed by atoms with Crippen molar-refractivity contribution in [3.63, 3.8) is 0 Å². The maximum Gasteiger partial charge on any atom is 0.258 e. The number of amides is 1. The SMILES string of the molecule is CCNC(=NCCc1ccc(OCC(=O)NC2CC2)cc1)NC1CC2CCC1O2.I. The maximum atomic E-state index is 11.7. The highest BCUT2D eigenvalue weighted by molar-refractivity contribution is 14.0. The van der Waals surface area contributed by atoms with Gasteiger partial charge in [-0.1, -0.05) is 12.1 Å². The van der Waals surface area contributed by atoms with Crippen LogP contribution in [0, 0.1) is 0 Å². The number of guanidine groups is 1. The zero-order valence-electron chi connectivity index (χ0n) is 17.6. The van der Waals surface area contributed by atoms with Gasteiger partial charge in [0.05, 0.1) is 18.2 Å². The van der Waals surface area contributed by atoms with Crippen LogP contribution in [0.2, 0.25) is 0 Å². The summed E-state index contributed by atoms with van der Waals surface area (Å²) in [6.45, 7) is 3.71. The summed E-state index contributed by atoms with van der Waals surface area (Å²) in [6.07, 6.45) is 7.22. The van der Waals surface area contributed by atoms with Crippen molar-refractivity contribution in [2.45, 2.75) is 69.7 Å². The van der Waals surface area contributed by atoms with Crippen LogP contribution < -0.4 is 20.7 Å². The molecule has 2 heterocycles. The van der Waals surface area contributed by atoms with Crippen LogP contribution in [0.5, 0.6) is 5.75 Å². The highest BCUT2D eigenvalue weighted by Gasteiger charge is 2.41. The summed E-state index contributed by atoms with van der Waals surface area (Å²) >= 11 is 0. The van der Waals surface area contributed by atoms with Crippen molar-refractivity contribution < 1.29 is 14.3 Å². The summed E-state index contributed by atoms with van der Waals surface area (Å²) < 4.78 is 11.5. The van der Waals surface area contributed by atoms with Crippen LogP contribution in [-0.4, -0.2) is 55.9 Å². The van der Waals surface area contributed by atoms with E-state index in [2.05, 4.69) is 22.9 Å². The number of nitrogens with zero attached hydrogens (tertiary/aromatic N) is 1. The van der Waals surface area contributed by atoms with Gasteiger partial charge in [0, 0.05) is 19.1 Å². The van der Waals surface area contributed by atoms with E-state index in [0.717, 1.165) is 50.4 Å². The average Bonchev–Trinajstić information content (AvgIpc) is 3.28. The van der Waals surface area contributed by atoms with Crippen LogP contribution in [-0.2, 0) is 16.0 Å². The molecule has 3 aliphatic rings. The van der Waals surface area contributed by atoms with E-state index in [1.807, 2.05) is 24.3 Å². The fourth-order valence-electron chi connectivity index (χ4n) is 3.98. The lowest BCUT2D eigenvalue weighted by Crippen LogP contribution is -2.47. The molecule has 7 nitrogen and oxygen atoms in total. The molecule has 0 radical (unpaired) electrons. The number of nitrogens with one attached hydrogen (secondary N) is 3. The van der Waals surface area contributed by atoms with E-state index in [0.29, 0.717) is 30.8 Å². The highest BCUT2D eigenvalue weighted by atomic mass is 127. The molecule has 3 fully saturated rings. The van der Waals surface area contributed by atoms with Crippen molar-refractivity contribution in [3.05, 3.63) is 29.8 Å². The van der Waals surface area contributed by atoms with Crippen molar-refractivity contribution in [3.8, 4) is 5.75 Å². The fourth-order valence-corrected chi connectivity index (χ4v) is 3.98. The second kappa shape index (κ2) is 11.2. The van der Waals surface area contributed by atoms with E-state index >= 15 is 0 Å². The second-order valence-electron chi connectivity index (χ2n) is 8.15. The smallest absolute Gasteiger partial charge is 0.258 e. The van der Waals surface area contributed by atoms with Gasteiger partial charge in [-0.2, -0.15) is 0 Å². The highest BCUT2D eigenvalue weighted by Crippen LogP contribution is 2.34. The number of carbonyl (C=O) groups excluding carboxylic acids is 1. The zero-order valence-corrected chi connectivity index (χ0v) is 19.9. The zero-order chi connectivity index (χ0) is 20.1. The van der Waals surface area contributed by atoms with Crippen molar-refractivity contribution >= 4 is 35.8 Å². The number of fused-ring (bicyclic) bond motifs is 2. The Morgan fingerprint density at radius 2 is 1.97 bits per heavy atom. The number of ether oxygens (including phenoxy) is 2. The molecule has 0 spiro atoms. The second-order valence-corrected chi connectivity index (χ2v) is 8.15. The van der Waals surface area contributed by atoms with Gasteiger partial charge >= 0.3 is 0 Å². The minimum atomic E-state index is -0.0461. The van der Waals surface area contributed by atoms with Gasteiger partial charge in [-0.15, -0.1) is 24.0 Å². The molecule has 1 aromatic rings. The molecule has 166 valence electrons. The minimum absolute atomic E-state index is 0. The number of hydrogen-bond donors (Lipinski definition) is 3. The van der Waals surface area contributed by atoms with Crippen molar-refractivity contribution in [2.75, 3.05) is 19.7 Å². The van der Waals surface area contributed by atoms with Gasteiger partial charge < -0.3 is 25.4 Å².